The molecule has 7 nitrogen and oxygen atoms in total. The Kier molecular flexibility index (Phi) is 8.75. The maximum atomic E-state index is 12.8. The number of nitrogens with zero attached hydrogens (tertiary/aromatic N) is 2. The Hall–Kier alpha value is -0.350. The fourth-order valence-electron chi connectivity index (χ4n) is 14.7. The molecular formula is C40H67FN2O5. The Labute approximate surface area is 290 Å². The summed E-state index contributed by atoms with van der Waals surface area (Å²) >= 11 is 0. The van der Waals surface area contributed by atoms with Gasteiger partial charge in [0, 0.05) is 45.4 Å². The molecular weight excluding hydrogens is 607 g/mol. The first-order valence-electron chi connectivity index (χ1n) is 20.1. The van der Waals surface area contributed by atoms with Crippen LogP contribution < -0.4 is 0 Å². The number of hydrogen-bond acceptors (Lipinski definition) is 7. The highest BCUT2D eigenvalue weighted by Gasteiger charge is 2.84. The highest BCUT2D eigenvalue weighted by Crippen LogP contribution is 2.89. The summed E-state index contributed by atoms with van der Waals surface area (Å²) in [5, 5.41) is 11.0. The largest absolute Gasteiger partial charge is 0.388 e. The molecule has 48 heavy (non-hydrogen) atoms. The van der Waals surface area contributed by atoms with Crippen molar-refractivity contribution >= 4 is 0 Å². The lowest BCUT2D eigenvalue weighted by atomic mass is 9.46. The van der Waals surface area contributed by atoms with Crippen LogP contribution in [0.15, 0.2) is 0 Å². The average Bonchev–Trinajstić information content (AvgIpc) is 3.40. The summed E-state index contributed by atoms with van der Waals surface area (Å²) in [6.45, 7) is 21.5. The minimum absolute atomic E-state index is 0.0214. The van der Waals surface area contributed by atoms with Crippen molar-refractivity contribution in [1.29, 1.82) is 0 Å². The number of aliphatic hydroxyl groups is 1. The Bertz CT molecular complexity index is 1190. The third-order valence-electron chi connectivity index (χ3n) is 16.8. The van der Waals surface area contributed by atoms with E-state index >= 15 is 0 Å². The number of likely N-dealkylation sites (tertiary alicyclic amines) is 1. The summed E-state index contributed by atoms with van der Waals surface area (Å²) in [5.74, 6) is 3.65. The van der Waals surface area contributed by atoms with Gasteiger partial charge in [0.25, 0.3) is 0 Å². The van der Waals surface area contributed by atoms with E-state index in [-0.39, 0.29) is 36.7 Å². The smallest absolute Gasteiger partial charge is 0.170 e. The van der Waals surface area contributed by atoms with E-state index in [1.54, 1.807) is 0 Å². The topological polar surface area (TPSA) is 63.6 Å². The predicted octanol–water partition coefficient (Wildman–Crippen LogP) is 6.31. The average molecular weight is 675 g/mol. The van der Waals surface area contributed by atoms with Crippen LogP contribution in [0.3, 0.4) is 0 Å². The molecule has 1 N–H and O–H groups in total. The van der Waals surface area contributed by atoms with Gasteiger partial charge in [-0.05, 0) is 130 Å². The highest BCUT2D eigenvalue weighted by atomic mass is 19.1. The molecule has 5 saturated carbocycles. The molecule has 3 aliphatic heterocycles. The Morgan fingerprint density at radius 1 is 0.958 bits per heavy atom. The van der Waals surface area contributed by atoms with E-state index in [4.69, 9.17) is 18.9 Å². The first kappa shape index (κ1) is 34.7. The van der Waals surface area contributed by atoms with Crippen molar-refractivity contribution in [2.75, 3.05) is 52.6 Å². The van der Waals surface area contributed by atoms with Crippen LogP contribution in [-0.2, 0) is 18.9 Å². The zero-order valence-corrected chi connectivity index (χ0v) is 31.2. The second kappa shape index (κ2) is 12.1. The Balaban J connectivity index is 0.954. The van der Waals surface area contributed by atoms with Crippen LogP contribution in [0.4, 0.5) is 4.39 Å². The van der Waals surface area contributed by atoms with Crippen molar-refractivity contribution < 1.29 is 28.4 Å². The van der Waals surface area contributed by atoms with Crippen molar-refractivity contribution in [3.05, 3.63) is 0 Å². The van der Waals surface area contributed by atoms with Crippen LogP contribution in [0.1, 0.15) is 106 Å². The van der Waals surface area contributed by atoms with E-state index < -0.39 is 5.60 Å². The van der Waals surface area contributed by atoms with Gasteiger partial charge in [-0.15, -0.1) is 0 Å². The lowest BCUT2D eigenvalue weighted by molar-refractivity contribution is -0.250. The number of fused-ring (bicyclic) bond motifs is 4. The van der Waals surface area contributed by atoms with Crippen LogP contribution in [-0.4, -0.2) is 110 Å². The number of morpholine rings is 1. The van der Waals surface area contributed by atoms with Gasteiger partial charge in [0.2, 0.25) is 0 Å². The van der Waals surface area contributed by atoms with E-state index in [9.17, 15) is 9.50 Å². The molecule has 0 aromatic heterocycles. The second-order valence-corrected chi connectivity index (χ2v) is 19.2. The van der Waals surface area contributed by atoms with Crippen molar-refractivity contribution in [2.24, 2.45) is 51.2 Å². The number of hydrogen-bond donors (Lipinski definition) is 1. The molecule has 0 bridgehead atoms. The van der Waals surface area contributed by atoms with Gasteiger partial charge >= 0.3 is 0 Å². The van der Waals surface area contributed by atoms with Gasteiger partial charge in [-0.2, -0.15) is 0 Å². The number of ether oxygens (including phenoxy) is 4. The molecule has 2 spiro atoms. The first-order valence-corrected chi connectivity index (χ1v) is 20.1. The fourth-order valence-corrected chi connectivity index (χ4v) is 14.7. The third kappa shape index (κ3) is 4.95. The zero-order chi connectivity index (χ0) is 33.9. The molecule has 0 aromatic rings. The molecule has 3 heterocycles. The minimum Gasteiger partial charge on any atom is -0.388 e. The first-order chi connectivity index (χ1) is 22.8. The molecule has 3 saturated heterocycles. The molecule has 5 aliphatic carbocycles. The predicted molar refractivity (Wildman–Crippen MR) is 184 cm³/mol. The van der Waals surface area contributed by atoms with Gasteiger partial charge in [0.15, 0.2) is 6.29 Å². The summed E-state index contributed by atoms with van der Waals surface area (Å²) in [4.78, 5) is 4.75. The van der Waals surface area contributed by atoms with Crippen molar-refractivity contribution in [2.45, 2.75) is 149 Å². The highest BCUT2D eigenvalue weighted by molar-refractivity contribution is 5.32. The van der Waals surface area contributed by atoms with Gasteiger partial charge in [0.1, 0.15) is 12.8 Å². The van der Waals surface area contributed by atoms with Crippen LogP contribution in [0, 0.1) is 51.2 Å². The standard InChI is InChI=1S/C40H67FN2O5/c1-8-45-35(37(5,6)44)30-11-9-28-31(47-30)21-29-27-10-12-32-36(3,4)33(13-14-40(32)25(2)39(27,40)16-15-38(28,29)7)48-34-24-43(19-20-46-34)26-22-42(23-26)18-17-41/h25-35,44H,8-24H2,1-7H3/t25-,27?,28-,29?,30?,31?,32-,33?,34?,35?,38?,39?,40?/m0/s1. The van der Waals surface area contributed by atoms with Gasteiger partial charge < -0.3 is 24.1 Å². The monoisotopic (exact) mass is 675 g/mol. The molecule has 8 aliphatic rings. The van der Waals surface area contributed by atoms with Crippen LogP contribution >= 0.6 is 0 Å². The summed E-state index contributed by atoms with van der Waals surface area (Å²) in [6.07, 6.45) is 11.3. The summed E-state index contributed by atoms with van der Waals surface area (Å²) in [5.41, 5.74) is 0.497. The summed E-state index contributed by atoms with van der Waals surface area (Å²) in [7, 11) is 0. The lowest BCUT2D eigenvalue weighted by Crippen LogP contribution is -2.63. The molecule has 8 heteroatoms. The SMILES string of the molecule is CCOC(C1CC[C@H]2C(CC3C4CC[C@H]5C(C)(C)C(OC6CN(C7CN(CCF)C7)CCO6)CCC56[C@@H](C)C46CCC32C)O1)C(C)(C)O. The van der Waals surface area contributed by atoms with E-state index in [0.29, 0.717) is 53.4 Å². The maximum Gasteiger partial charge on any atom is 0.170 e. The summed E-state index contributed by atoms with van der Waals surface area (Å²) < 4.78 is 39.2. The van der Waals surface area contributed by atoms with E-state index in [1.165, 1.54) is 44.9 Å². The zero-order valence-electron chi connectivity index (χ0n) is 31.2. The summed E-state index contributed by atoms with van der Waals surface area (Å²) in [6, 6.07) is 0.511. The number of alkyl halides is 1. The van der Waals surface area contributed by atoms with Gasteiger partial charge in [-0.3, -0.25) is 9.80 Å². The maximum absolute atomic E-state index is 12.8. The van der Waals surface area contributed by atoms with Crippen molar-refractivity contribution in [3.63, 3.8) is 0 Å². The van der Waals surface area contributed by atoms with Gasteiger partial charge in [-0.1, -0.05) is 27.7 Å². The van der Waals surface area contributed by atoms with E-state index in [2.05, 4.69) is 37.5 Å². The molecule has 8 rings (SSSR count). The Morgan fingerprint density at radius 2 is 1.73 bits per heavy atom. The van der Waals surface area contributed by atoms with Gasteiger partial charge in [-0.25, -0.2) is 4.39 Å². The second-order valence-electron chi connectivity index (χ2n) is 19.2. The van der Waals surface area contributed by atoms with Crippen molar-refractivity contribution in [3.8, 4) is 0 Å². The molecule has 274 valence electrons. The number of rotatable bonds is 9. The Morgan fingerprint density at radius 3 is 2.46 bits per heavy atom. The molecule has 10 unspecified atom stereocenters. The molecule has 13 atom stereocenters. The number of halogens is 1. The third-order valence-corrected chi connectivity index (χ3v) is 16.8. The fraction of sp³-hybridized carbons (Fsp3) is 1.00. The lowest BCUT2D eigenvalue weighted by Gasteiger charge is -2.60. The van der Waals surface area contributed by atoms with E-state index in [1.807, 2.05) is 20.8 Å². The van der Waals surface area contributed by atoms with Crippen LogP contribution in [0.5, 0.6) is 0 Å². The van der Waals surface area contributed by atoms with Crippen LogP contribution in [0.25, 0.3) is 0 Å². The van der Waals surface area contributed by atoms with E-state index in [0.717, 1.165) is 63.4 Å². The van der Waals surface area contributed by atoms with Crippen molar-refractivity contribution in [1.82, 2.24) is 9.80 Å². The quantitative estimate of drug-likeness (QED) is 0.308. The minimum atomic E-state index is -0.908. The molecule has 8 fully saturated rings. The normalized spacial score (nSPS) is 49.6. The molecule has 0 radical (unpaired) electrons. The molecule has 0 amide bonds. The molecule has 0 aromatic carbocycles. The van der Waals surface area contributed by atoms with Crippen LogP contribution in [0.2, 0.25) is 0 Å². The van der Waals surface area contributed by atoms with Gasteiger partial charge in [0.05, 0.1) is 30.5 Å².